The van der Waals surface area contributed by atoms with Gasteiger partial charge in [0.25, 0.3) is 0 Å². The van der Waals surface area contributed by atoms with Crippen molar-refractivity contribution in [2.24, 2.45) is 0 Å². The van der Waals surface area contributed by atoms with E-state index >= 15 is 0 Å². The van der Waals surface area contributed by atoms with Gasteiger partial charge in [-0.15, -0.1) is 0 Å². The molecule has 4 nitrogen and oxygen atoms in total. The van der Waals surface area contributed by atoms with E-state index in [9.17, 15) is 0 Å². The van der Waals surface area contributed by atoms with E-state index in [-0.39, 0.29) is 0 Å². The van der Waals surface area contributed by atoms with Crippen LogP contribution in [0, 0.1) is 0 Å². The molecule has 0 amide bonds. The lowest BCUT2D eigenvalue weighted by Gasteiger charge is -1.53. The summed E-state index contributed by atoms with van der Waals surface area (Å²) in [7, 11) is 1.72. The summed E-state index contributed by atoms with van der Waals surface area (Å²) in [6.45, 7) is 10.2. The van der Waals surface area contributed by atoms with Gasteiger partial charge in [-0.3, -0.25) is 4.57 Å². The van der Waals surface area contributed by atoms with Crippen molar-refractivity contribution < 1.29 is 4.57 Å². The largest absolute Gasteiger partial charge is 0.311 e. The third-order valence-electron chi connectivity index (χ3n) is 1.84. The van der Waals surface area contributed by atoms with Crippen LogP contribution in [0.25, 0.3) is 0 Å². The molecular formula is C9H22N3OP. The normalized spacial score (nSPS) is 34.4. The zero-order valence-electron chi connectivity index (χ0n) is 9.26. The molecule has 0 saturated carbocycles. The zero-order valence-corrected chi connectivity index (χ0v) is 10.3. The van der Waals surface area contributed by atoms with Crippen LogP contribution in [0.15, 0.2) is 0 Å². The van der Waals surface area contributed by atoms with E-state index < -0.39 is 0 Å². The van der Waals surface area contributed by atoms with Crippen LogP contribution >= 0.6 is 9.12 Å². The van der Waals surface area contributed by atoms with E-state index in [1.807, 2.05) is 0 Å². The van der Waals surface area contributed by atoms with Gasteiger partial charge in [0.2, 0.25) is 0 Å². The molecule has 3 heterocycles. The molecule has 3 aliphatic heterocycles. The van der Waals surface area contributed by atoms with E-state index in [0.29, 0.717) is 0 Å². The summed E-state index contributed by atoms with van der Waals surface area (Å²) < 4.78 is 8.06. The Morgan fingerprint density at radius 2 is 0.857 bits per heavy atom. The second kappa shape index (κ2) is 8.30. The first-order chi connectivity index (χ1) is 6.68. The highest BCUT2D eigenvalue weighted by atomic mass is 31.0. The predicted molar refractivity (Wildman–Crippen MR) is 61.4 cm³/mol. The molecule has 3 fully saturated rings. The van der Waals surface area contributed by atoms with Gasteiger partial charge in [0.1, 0.15) is 9.12 Å². The summed E-state index contributed by atoms with van der Waals surface area (Å²) in [5.41, 5.74) is 0. The van der Waals surface area contributed by atoms with Gasteiger partial charge in [0.05, 0.1) is 0 Å². The molecule has 0 radical (unpaired) electrons. The minimum atomic E-state index is 0.833. The standard InChI is InChI=1S/3C3H7N.HOP/c3*1-3-2-4-3;1-2/h3*3-4H,2H2,1H3;2H. The topological polar surface area (TPSA) is 82.9 Å². The van der Waals surface area contributed by atoms with Crippen LogP contribution in [0.5, 0.6) is 0 Å². The maximum Gasteiger partial charge on any atom is 0.138 e. The summed E-state index contributed by atoms with van der Waals surface area (Å²) in [6.07, 6.45) is 0. The summed E-state index contributed by atoms with van der Waals surface area (Å²) in [5, 5.41) is 9.29. The first-order valence-corrected chi connectivity index (χ1v) is 5.50. The Morgan fingerprint density at radius 3 is 0.857 bits per heavy atom. The monoisotopic (exact) mass is 219 g/mol. The fraction of sp³-hybridized carbons (Fsp3) is 1.00. The number of nitrogens with one attached hydrogen (secondary N) is 3. The Kier molecular flexibility index (Phi) is 8.29. The van der Waals surface area contributed by atoms with Crippen molar-refractivity contribution in [1.82, 2.24) is 16.0 Å². The second-order valence-corrected chi connectivity index (χ2v) is 3.93. The Morgan fingerprint density at radius 1 is 0.786 bits per heavy atom. The van der Waals surface area contributed by atoms with Gasteiger partial charge in [-0.1, -0.05) is 0 Å². The molecule has 3 N–H and O–H groups in total. The van der Waals surface area contributed by atoms with Crippen molar-refractivity contribution >= 4 is 9.12 Å². The first-order valence-electron chi connectivity index (χ1n) is 5.09. The highest BCUT2D eigenvalue weighted by molar-refractivity contribution is 7.00. The second-order valence-electron chi connectivity index (χ2n) is 3.93. The van der Waals surface area contributed by atoms with Crippen LogP contribution in [0.4, 0.5) is 0 Å². The summed E-state index contributed by atoms with van der Waals surface area (Å²) >= 11 is 0. The van der Waals surface area contributed by atoms with Crippen LogP contribution in [-0.2, 0) is 4.57 Å². The smallest absolute Gasteiger partial charge is 0.138 e. The van der Waals surface area contributed by atoms with Gasteiger partial charge >= 0.3 is 0 Å². The molecule has 0 bridgehead atoms. The average Bonchev–Trinajstić information content (AvgIpc) is 2.90. The molecule has 3 rings (SSSR count). The summed E-state index contributed by atoms with van der Waals surface area (Å²) in [4.78, 5) is 0. The zero-order chi connectivity index (χ0) is 11.0. The SMILES string of the molecule is CC1CN1.CC1CN1.CC1CN1.O=P. The maximum absolute atomic E-state index is 8.06. The van der Waals surface area contributed by atoms with Crippen LogP contribution in [0.3, 0.4) is 0 Å². The maximum atomic E-state index is 8.06. The third kappa shape index (κ3) is 17.9. The molecule has 3 aliphatic rings. The third-order valence-corrected chi connectivity index (χ3v) is 1.84. The molecule has 0 aromatic rings. The van der Waals surface area contributed by atoms with Gasteiger partial charge < -0.3 is 16.0 Å². The summed E-state index contributed by atoms with van der Waals surface area (Å²) in [5.74, 6) is 0. The van der Waals surface area contributed by atoms with E-state index in [2.05, 4.69) is 36.7 Å². The first kappa shape index (κ1) is 14.0. The van der Waals surface area contributed by atoms with Crippen LogP contribution in [0.2, 0.25) is 0 Å². The molecule has 0 spiro atoms. The number of hydrogen-bond acceptors (Lipinski definition) is 4. The highest BCUT2D eigenvalue weighted by Crippen LogP contribution is 1.89. The molecule has 0 aromatic carbocycles. The molecule has 84 valence electrons. The van der Waals surface area contributed by atoms with Gasteiger partial charge in [0, 0.05) is 37.8 Å². The van der Waals surface area contributed by atoms with Gasteiger partial charge in [-0.2, -0.15) is 0 Å². The van der Waals surface area contributed by atoms with E-state index in [4.69, 9.17) is 4.57 Å². The molecular weight excluding hydrogens is 197 g/mol. The molecule has 3 unspecified atom stereocenters. The average molecular weight is 219 g/mol. The van der Waals surface area contributed by atoms with Crippen molar-refractivity contribution in [2.45, 2.75) is 38.9 Å². The Hall–Kier alpha value is -0.0200. The predicted octanol–water partition coefficient (Wildman–Crippen LogP) is 0.409. The fourth-order valence-corrected chi connectivity index (χ4v) is 0.354. The fourth-order valence-electron chi connectivity index (χ4n) is 0.354. The van der Waals surface area contributed by atoms with Crippen LogP contribution < -0.4 is 16.0 Å². The molecule has 0 aliphatic carbocycles. The number of hydrogen-bond donors (Lipinski definition) is 3. The molecule has 3 atom stereocenters. The van der Waals surface area contributed by atoms with Crippen molar-refractivity contribution in [3.8, 4) is 0 Å². The van der Waals surface area contributed by atoms with Gasteiger partial charge in [-0.25, -0.2) is 0 Å². The lowest BCUT2D eigenvalue weighted by Crippen LogP contribution is -1.72. The molecule has 14 heavy (non-hydrogen) atoms. The Bertz CT molecular complexity index is 112. The van der Waals surface area contributed by atoms with Crippen molar-refractivity contribution in [3.05, 3.63) is 0 Å². The Labute approximate surface area is 88.8 Å². The van der Waals surface area contributed by atoms with Crippen LogP contribution in [0.1, 0.15) is 20.8 Å². The lowest BCUT2D eigenvalue weighted by molar-refractivity contribution is 0.607. The minimum absolute atomic E-state index is 0.833. The van der Waals surface area contributed by atoms with Crippen molar-refractivity contribution in [3.63, 3.8) is 0 Å². The van der Waals surface area contributed by atoms with E-state index in [1.54, 1.807) is 9.12 Å². The quantitative estimate of drug-likeness (QED) is 0.407. The van der Waals surface area contributed by atoms with Gasteiger partial charge in [0.15, 0.2) is 0 Å². The number of rotatable bonds is 0. The van der Waals surface area contributed by atoms with Crippen LogP contribution in [-0.4, -0.2) is 37.8 Å². The summed E-state index contributed by atoms with van der Waals surface area (Å²) in [6, 6.07) is 2.50. The van der Waals surface area contributed by atoms with Crippen molar-refractivity contribution in [2.75, 3.05) is 19.6 Å². The van der Waals surface area contributed by atoms with E-state index in [0.717, 1.165) is 18.1 Å². The van der Waals surface area contributed by atoms with E-state index in [1.165, 1.54) is 19.6 Å². The van der Waals surface area contributed by atoms with Gasteiger partial charge in [-0.05, 0) is 20.8 Å². The molecule has 3 saturated heterocycles. The molecule has 5 heteroatoms. The highest BCUT2D eigenvalue weighted by Gasteiger charge is 2.10. The molecule has 0 aromatic heterocycles. The Balaban J connectivity index is 0.000000167. The minimum Gasteiger partial charge on any atom is -0.311 e. The van der Waals surface area contributed by atoms with Crippen molar-refractivity contribution in [1.29, 1.82) is 0 Å². The lowest BCUT2D eigenvalue weighted by atomic mass is 10.6.